The quantitative estimate of drug-likeness (QED) is 0.430. The number of aryl methyl sites for hydroxylation is 2. The van der Waals surface area contributed by atoms with E-state index in [0.717, 1.165) is 55.2 Å². The summed E-state index contributed by atoms with van der Waals surface area (Å²) in [5, 5.41) is 19.6. The van der Waals surface area contributed by atoms with Crippen molar-refractivity contribution in [1.29, 1.82) is 0 Å². The summed E-state index contributed by atoms with van der Waals surface area (Å²) < 4.78 is 0. The fourth-order valence-electron chi connectivity index (χ4n) is 2.97. The number of carboxylic acids is 1. The molecule has 0 fully saturated rings. The van der Waals surface area contributed by atoms with E-state index in [2.05, 4.69) is 13.8 Å². The summed E-state index contributed by atoms with van der Waals surface area (Å²) in [6.07, 6.45) is 10.9. The predicted octanol–water partition coefficient (Wildman–Crippen LogP) is 4.62. The van der Waals surface area contributed by atoms with Crippen LogP contribution in [0, 0.1) is 0 Å². The molecule has 0 unspecified atom stereocenters. The molecule has 0 saturated carbocycles. The fourth-order valence-corrected chi connectivity index (χ4v) is 2.97. The van der Waals surface area contributed by atoms with Crippen molar-refractivity contribution in [2.24, 2.45) is 0 Å². The molecule has 0 atom stereocenters. The van der Waals surface area contributed by atoms with Gasteiger partial charge in [-0.25, -0.2) is 0 Å². The molecule has 24 heavy (non-hydrogen) atoms. The maximum atomic E-state index is 11.0. The average molecular weight is 344 g/mol. The van der Waals surface area contributed by atoms with E-state index in [1.54, 1.807) is 0 Å². The fraction of sp³-hybridized carbons (Fsp3) is 0.650. The maximum absolute atomic E-state index is 11.0. The third-order valence-electron chi connectivity index (χ3n) is 4.28. The zero-order chi connectivity index (χ0) is 17.1. The van der Waals surface area contributed by atoms with Crippen LogP contribution in [0.15, 0.2) is 12.1 Å². The van der Waals surface area contributed by atoms with Gasteiger partial charge in [-0.15, -0.1) is 0 Å². The van der Waals surface area contributed by atoms with E-state index in [1.165, 1.54) is 25.7 Å². The van der Waals surface area contributed by atoms with Crippen molar-refractivity contribution in [3.63, 3.8) is 0 Å². The molecular weight excluding hydrogens is 311 g/mol. The number of benzene rings is 1. The second-order valence-electron chi connectivity index (χ2n) is 6.45. The van der Waals surface area contributed by atoms with Gasteiger partial charge in [0.2, 0.25) is 0 Å². The number of hydrogen-bond donors (Lipinski definition) is 2. The summed E-state index contributed by atoms with van der Waals surface area (Å²) in [6, 6.07) is 3.76. The van der Waals surface area contributed by atoms with Gasteiger partial charge in [-0.05, 0) is 42.4 Å². The molecule has 0 bridgehead atoms. The van der Waals surface area contributed by atoms with Gasteiger partial charge >= 0.3 is 35.5 Å². The van der Waals surface area contributed by atoms with E-state index in [0.29, 0.717) is 5.75 Å². The van der Waals surface area contributed by atoms with Crippen LogP contribution in [0.1, 0.15) is 81.9 Å². The first-order valence-electron chi connectivity index (χ1n) is 9.13. The normalized spacial score (nSPS) is 10.4. The van der Waals surface area contributed by atoms with Crippen molar-refractivity contribution < 1.29 is 15.0 Å². The second-order valence-corrected chi connectivity index (χ2v) is 6.45. The molecule has 1 rings (SSSR count). The molecule has 0 spiro atoms. The van der Waals surface area contributed by atoms with Gasteiger partial charge in [-0.1, -0.05) is 64.5 Å². The second kappa shape index (κ2) is 13.7. The topological polar surface area (TPSA) is 57.5 Å². The van der Waals surface area contributed by atoms with E-state index in [1.807, 2.05) is 12.1 Å². The number of aliphatic carboxylic acids is 1. The molecule has 0 radical (unpaired) electrons. The number of hydrogen-bond acceptors (Lipinski definition) is 2. The van der Waals surface area contributed by atoms with Gasteiger partial charge in [-0.3, -0.25) is 4.79 Å². The van der Waals surface area contributed by atoms with Gasteiger partial charge in [0, 0.05) is 0 Å². The zero-order valence-electron chi connectivity index (χ0n) is 14.7. The number of phenolic OH excluding ortho intramolecular Hbond substituents is 1. The molecule has 0 amide bonds. The third kappa shape index (κ3) is 9.10. The first-order valence-corrected chi connectivity index (χ1v) is 9.13. The van der Waals surface area contributed by atoms with Gasteiger partial charge < -0.3 is 10.2 Å². The Morgan fingerprint density at radius 3 is 1.71 bits per heavy atom. The van der Waals surface area contributed by atoms with Crippen molar-refractivity contribution in [3.8, 4) is 5.75 Å². The summed E-state index contributed by atoms with van der Waals surface area (Å²) in [5.41, 5.74) is 2.65. The van der Waals surface area contributed by atoms with Crippen LogP contribution in [0.25, 0.3) is 0 Å². The molecular formula is C20H33NaO3. The molecule has 0 heterocycles. The van der Waals surface area contributed by atoms with E-state index in [9.17, 15) is 9.90 Å². The first kappa shape index (κ1) is 23.5. The van der Waals surface area contributed by atoms with Crippen molar-refractivity contribution in [3.05, 3.63) is 28.8 Å². The Kier molecular flexibility index (Phi) is 13.5. The Morgan fingerprint density at radius 1 is 0.875 bits per heavy atom. The molecule has 1 aromatic rings. The van der Waals surface area contributed by atoms with Crippen LogP contribution in [0.4, 0.5) is 0 Å². The monoisotopic (exact) mass is 344 g/mol. The van der Waals surface area contributed by atoms with E-state index in [-0.39, 0.29) is 36.0 Å². The van der Waals surface area contributed by atoms with Crippen LogP contribution in [0.5, 0.6) is 5.75 Å². The molecule has 4 heteroatoms. The van der Waals surface area contributed by atoms with E-state index >= 15 is 0 Å². The summed E-state index contributed by atoms with van der Waals surface area (Å²) in [5.74, 6) is -0.420. The predicted molar refractivity (Wildman–Crippen MR) is 102 cm³/mol. The summed E-state index contributed by atoms with van der Waals surface area (Å²) >= 11 is 0. The number of phenols is 1. The molecule has 3 nitrogen and oxygen atoms in total. The summed E-state index contributed by atoms with van der Waals surface area (Å²) in [7, 11) is 0. The Morgan fingerprint density at radius 2 is 1.33 bits per heavy atom. The van der Waals surface area contributed by atoms with Crippen molar-refractivity contribution >= 4 is 35.5 Å². The minimum absolute atomic E-state index is 0. The minimum atomic E-state index is -0.815. The number of rotatable bonds is 12. The number of carboxylic acid groups (broad SMARTS) is 1. The number of unbranched alkanes of at least 4 members (excludes halogenated alkanes) is 6. The van der Waals surface area contributed by atoms with Crippen molar-refractivity contribution in [2.45, 2.75) is 84.5 Å². The standard InChI is InChI=1S/C20H32O3.Na.H/c1-3-5-7-9-11-17-13-16(15-19(21)22)14-18(20(17)23)12-10-8-6-4-2;;/h13-14,23H,3-12,15H2,1-2H3,(H,21,22);;. The Balaban J connectivity index is 0.00000529. The number of aromatic hydroxyl groups is 1. The zero-order valence-corrected chi connectivity index (χ0v) is 14.7. The Hall–Kier alpha value is -0.510. The SMILES string of the molecule is CCCCCCc1cc(CC(=O)O)cc(CCCCCC)c1O.[NaH]. The third-order valence-corrected chi connectivity index (χ3v) is 4.28. The van der Waals surface area contributed by atoms with Gasteiger partial charge in [0.1, 0.15) is 5.75 Å². The Bertz CT molecular complexity index is 453. The first-order chi connectivity index (χ1) is 11.1. The van der Waals surface area contributed by atoms with Crippen LogP contribution in [-0.2, 0) is 24.1 Å². The molecule has 0 aliphatic heterocycles. The van der Waals surface area contributed by atoms with Crippen LogP contribution in [0.3, 0.4) is 0 Å². The van der Waals surface area contributed by atoms with Crippen LogP contribution < -0.4 is 0 Å². The summed E-state index contributed by atoms with van der Waals surface area (Å²) in [6.45, 7) is 4.36. The van der Waals surface area contributed by atoms with E-state index in [4.69, 9.17) is 5.11 Å². The average Bonchev–Trinajstić information content (AvgIpc) is 2.51. The van der Waals surface area contributed by atoms with Gasteiger partial charge in [0.15, 0.2) is 0 Å². The molecule has 1 aromatic carbocycles. The Labute approximate surface area is 169 Å². The molecule has 0 aliphatic carbocycles. The van der Waals surface area contributed by atoms with Gasteiger partial charge in [0.25, 0.3) is 0 Å². The van der Waals surface area contributed by atoms with Crippen molar-refractivity contribution in [2.75, 3.05) is 0 Å². The van der Waals surface area contributed by atoms with Gasteiger partial charge in [-0.2, -0.15) is 0 Å². The molecule has 0 saturated heterocycles. The van der Waals surface area contributed by atoms with Crippen LogP contribution in [0.2, 0.25) is 0 Å². The van der Waals surface area contributed by atoms with Crippen molar-refractivity contribution in [1.82, 2.24) is 0 Å². The van der Waals surface area contributed by atoms with Gasteiger partial charge in [0.05, 0.1) is 6.42 Å². The van der Waals surface area contributed by atoms with Crippen LogP contribution in [-0.4, -0.2) is 45.7 Å². The molecule has 0 aliphatic rings. The molecule has 0 aromatic heterocycles. The number of carbonyl (C=O) groups is 1. The molecule has 2 N–H and O–H groups in total. The summed E-state index contributed by atoms with van der Waals surface area (Å²) in [4.78, 5) is 11.0. The van der Waals surface area contributed by atoms with Crippen LogP contribution >= 0.6 is 0 Å². The van der Waals surface area contributed by atoms with E-state index < -0.39 is 5.97 Å². The molecule has 132 valence electrons.